The molecular weight excluding hydrogens is 460 g/mol. The molecule has 0 aromatic carbocycles. The lowest BCUT2D eigenvalue weighted by Gasteiger charge is -2.61. The fourth-order valence-corrected chi connectivity index (χ4v) is 9.42. The fourth-order valence-electron chi connectivity index (χ4n) is 8.45. The highest BCUT2D eigenvalue weighted by Crippen LogP contribution is 2.68. The van der Waals surface area contributed by atoms with E-state index in [1.165, 1.54) is 13.8 Å². The van der Waals surface area contributed by atoms with Gasteiger partial charge in [-0.05, 0) is 80.5 Å². The van der Waals surface area contributed by atoms with Gasteiger partial charge in [-0.1, -0.05) is 29.8 Å². The molecule has 0 saturated heterocycles. The summed E-state index contributed by atoms with van der Waals surface area (Å²) in [5.74, 6) is 1.45. The monoisotopic (exact) mass is 496 g/mol. The number of alkyl halides is 1. The molecule has 0 aromatic rings. The third kappa shape index (κ3) is 3.59. The number of rotatable bonds is 3. The average molecular weight is 497 g/mol. The van der Waals surface area contributed by atoms with E-state index >= 15 is 0 Å². The molecule has 0 aromatic heterocycles. The second kappa shape index (κ2) is 8.14. The molecule has 0 unspecified atom stereocenters. The summed E-state index contributed by atoms with van der Waals surface area (Å²) in [6.45, 7) is 9.53. The Balaban J connectivity index is 1.61. The Morgan fingerprint density at radius 2 is 1.77 bits per heavy atom. The summed E-state index contributed by atoms with van der Waals surface area (Å²) in [4.78, 5) is 36.9. The Morgan fingerprint density at radius 1 is 1.06 bits per heavy atom. The zero-order chi connectivity index (χ0) is 22.7. The van der Waals surface area contributed by atoms with Crippen molar-refractivity contribution in [2.24, 2.45) is 40.4 Å². The largest absolute Gasteiger partial charge is 0.463 e. The van der Waals surface area contributed by atoms with Crippen LogP contribution in [0.25, 0.3) is 0 Å². The fraction of sp³-hybridized carbons (Fsp3) is 0.880. The van der Waals surface area contributed by atoms with Crippen molar-refractivity contribution in [2.45, 2.75) is 96.6 Å². The van der Waals surface area contributed by atoms with Gasteiger partial charge >= 0.3 is 11.9 Å². The third-order valence-electron chi connectivity index (χ3n) is 9.73. The van der Waals surface area contributed by atoms with Crippen LogP contribution in [0.3, 0.4) is 0 Å². The number of halogens is 1. The van der Waals surface area contributed by atoms with E-state index in [0.29, 0.717) is 23.5 Å². The molecule has 4 aliphatic rings. The van der Waals surface area contributed by atoms with E-state index in [9.17, 15) is 14.4 Å². The highest BCUT2D eigenvalue weighted by atomic mass is 79.9. The highest BCUT2D eigenvalue weighted by Gasteiger charge is 2.67. The van der Waals surface area contributed by atoms with E-state index in [-0.39, 0.29) is 51.6 Å². The summed E-state index contributed by atoms with van der Waals surface area (Å²) in [7, 11) is 0. The smallest absolute Gasteiger partial charge is 0.302 e. The lowest BCUT2D eigenvalue weighted by molar-refractivity contribution is -0.170. The third-order valence-corrected chi connectivity index (χ3v) is 11.2. The number of ether oxygens (including phenoxy) is 2. The van der Waals surface area contributed by atoms with Crippen LogP contribution in [-0.2, 0) is 23.9 Å². The van der Waals surface area contributed by atoms with Gasteiger partial charge in [-0.15, -0.1) is 0 Å². The summed E-state index contributed by atoms with van der Waals surface area (Å²) in [5, 5.41) is 0. The van der Waals surface area contributed by atoms with Crippen molar-refractivity contribution in [3.63, 3.8) is 0 Å². The number of carbonyl (C=O) groups is 3. The summed E-state index contributed by atoms with van der Waals surface area (Å²) in [6, 6.07) is 0. The van der Waals surface area contributed by atoms with Gasteiger partial charge in [-0.3, -0.25) is 14.4 Å². The van der Waals surface area contributed by atoms with Crippen molar-refractivity contribution in [3.8, 4) is 0 Å². The molecule has 4 saturated carbocycles. The molecule has 0 bridgehead atoms. The maximum absolute atomic E-state index is 14.0. The van der Waals surface area contributed by atoms with Crippen molar-refractivity contribution in [1.82, 2.24) is 0 Å². The van der Waals surface area contributed by atoms with E-state index in [4.69, 9.17) is 9.47 Å². The first kappa shape index (κ1) is 23.3. The Kier molecular flexibility index (Phi) is 6.11. The standard InChI is InChI=1S/C25H37BrO5/c1-13(30-14(2)27)19-8-9-20-18-7-6-16-12-17(31-15(3)28)10-11-24(16,4)21(18)22(29)23(26)25(19,20)5/h13,16-21,23H,6-12H2,1-5H3/t13-,16-,17+,18-,19+,20-,21+,23-,24-,25+/m0/s1. The van der Waals surface area contributed by atoms with Crippen molar-refractivity contribution in [3.05, 3.63) is 0 Å². The van der Waals surface area contributed by atoms with Gasteiger partial charge < -0.3 is 9.47 Å². The minimum Gasteiger partial charge on any atom is -0.463 e. The number of Topliss-reactive ketones (excluding diaryl/α,β-unsaturated/α-hetero) is 1. The number of carbonyl (C=O) groups excluding carboxylic acids is 3. The molecule has 0 amide bonds. The lowest BCUT2D eigenvalue weighted by atomic mass is 9.44. The molecule has 5 nitrogen and oxygen atoms in total. The zero-order valence-corrected chi connectivity index (χ0v) is 21.1. The van der Waals surface area contributed by atoms with Gasteiger partial charge in [0.05, 0.1) is 4.83 Å². The van der Waals surface area contributed by atoms with Crippen molar-refractivity contribution >= 4 is 33.7 Å². The molecule has 0 heterocycles. The maximum atomic E-state index is 14.0. The molecule has 4 aliphatic carbocycles. The predicted octanol–water partition coefficient (Wildman–Crippen LogP) is 5.08. The normalized spacial score (nSPS) is 47.5. The SMILES string of the molecule is CC(=O)O[C@@H]1CC[C@@]2(C)[C@@H](CC[C@@H]3[C@@H]2C(=O)[C@H](Br)[C@]2(C)[C@@H]([C@H](C)OC(C)=O)CC[C@@H]32)C1. The molecule has 0 radical (unpaired) electrons. The number of ketones is 1. The number of hydrogen-bond donors (Lipinski definition) is 0. The van der Waals surface area contributed by atoms with Crippen LogP contribution < -0.4 is 0 Å². The number of esters is 2. The molecular formula is C25H37BrO5. The van der Waals surface area contributed by atoms with Crippen LogP contribution in [0, 0.1) is 40.4 Å². The van der Waals surface area contributed by atoms with Crippen LogP contribution in [0.1, 0.15) is 79.6 Å². The molecule has 0 aliphatic heterocycles. The molecule has 4 fully saturated rings. The number of fused-ring (bicyclic) bond motifs is 5. The average Bonchev–Trinajstić information content (AvgIpc) is 3.03. The highest BCUT2D eigenvalue weighted by molar-refractivity contribution is 9.10. The van der Waals surface area contributed by atoms with Gasteiger partial charge in [-0.25, -0.2) is 0 Å². The predicted molar refractivity (Wildman–Crippen MR) is 120 cm³/mol. The van der Waals surface area contributed by atoms with Gasteiger partial charge in [0.1, 0.15) is 12.2 Å². The summed E-state index contributed by atoms with van der Waals surface area (Å²) in [6.07, 6.45) is 6.77. The van der Waals surface area contributed by atoms with E-state index in [2.05, 4.69) is 29.8 Å². The van der Waals surface area contributed by atoms with Gasteiger partial charge in [0.15, 0.2) is 5.78 Å². The summed E-state index contributed by atoms with van der Waals surface area (Å²) < 4.78 is 11.2. The number of hydrogen-bond acceptors (Lipinski definition) is 5. The molecule has 10 atom stereocenters. The van der Waals surface area contributed by atoms with Crippen LogP contribution in [0.15, 0.2) is 0 Å². The molecule has 0 spiro atoms. The molecule has 6 heteroatoms. The Hall–Kier alpha value is -0.910. The van der Waals surface area contributed by atoms with E-state index in [1.807, 2.05) is 6.92 Å². The molecule has 4 rings (SSSR count). The molecule has 0 N–H and O–H groups in total. The van der Waals surface area contributed by atoms with Crippen molar-refractivity contribution < 1.29 is 23.9 Å². The van der Waals surface area contributed by atoms with E-state index < -0.39 is 0 Å². The second-order valence-corrected chi connectivity index (χ2v) is 12.1. The quantitative estimate of drug-likeness (QED) is 0.402. The first-order chi connectivity index (χ1) is 14.5. The minimum atomic E-state index is -0.247. The summed E-state index contributed by atoms with van der Waals surface area (Å²) in [5.41, 5.74) is -0.213. The van der Waals surface area contributed by atoms with Gasteiger partial charge in [0.25, 0.3) is 0 Å². The zero-order valence-electron chi connectivity index (χ0n) is 19.5. The molecule has 174 valence electrons. The van der Waals surface area contributed by atoms with Crippen LogP contribution in [0.2, 0.25) is 0 Å². The van der Waals surface area contributed by atoms with Crippen LogP contribution in [0.4, 0.5) is 0 Å². The Labute approximate surface area is 194 Å². The summed E-state index contributed by atoms with van der Waals surface area (Å²) >= 11 is 3.88. The second-order valence-electron chi connectivity index (χ2n) is 11.2. The first-order valence-corrected chi connectivity index (χ1v) is 12.9. The van der Waals surface area contributed by atoms with Crippen molar-refractivity contribution in [1.29, 1.82) is 0 Å². The first-order valence-electron chi connectivity index (χ1n) is 12.0. The van der Waals surface area contributed by atoms with E-state index in [1.54, 1.807) is 0 Å². The van der Waals surface area contributed by atoms with Crippen LogP contribution in [0.5, 0.6) is 0 Å². The van der Waals surface area contributed by atoms with Gasteiger partial charge in [0, 0.05) is 25.7 Å². The maximum Gasteiger partial charge on any atom is 0.302 e. The minimum absolute atomic E-state index is 0.00343. The Bertz CT molecular complexity index is 767. The van der Waals surface area contributed by atoms with Gasteiger partial charge in [0.2, 0.25) is 0 Å². The van der Waals surface area contributed by atoms with Gasteiger partial charge in [-0.2, -0.15) is 0 Å². The molecule has 31 heavy (non-hydrogen) atoms. The van der Waals surface area contributed by atoms with Crippen LogP contribution in [-0.4, -0.2) is 34.8 Å². The Morgan fingerprint density at radius 3 is 2.42 bits per heavy atom. The lowest BCUT2D eigenvalue weighted by Crippen LogP contribution is -2.62. The van der Waals surface area contributed by atoms with E-state index in [0.717, 1.165) is 44.9 Å². The topological polar surface area (TPSA) is 69.7 Å². The van der Waals surface area contributed by atoms with Crippen molar-refractivity contribution in [2.75, 3.05) is 0 Å². The van der Waals surface area contributed by atoms with Crippen LogP contribution >= 0.6 is 15.9 Å².